The lowest BCUT2D eigenvalue weighted by molar-refractivity contribution is -0.0720. The second-order valence-corrected chi connectivity index (χ2v) is 7.18. The molecule has 2 N–H and O–H groups in total. The van der Waals surface area contributed by atoms with E-state index >= 15 is 0 Å². The van der Waals surface area contributed by atoms with Gasteiger partial charge in [0.15, 0.2) is 0 Å². The van der Waals surface area contributed by atoms with Crippen molar-refractivity contribution in [1.29, 1.82) is 0 Å². The first kappa shape index (κ1) is 16.5. The minimum absolute atomic E-state index is 0.0843. The molecule has 1 saturated heterocycles. The number of aliphatic hydroxyl groups is 1. The minimum atomic E-state index is -0.563. The number of hydrogen-bond donors (Lipinski definition) is 2. The number of methoxy groups -OCH3 is 1. The van der Waals surface area contributed by atoms with E-state index < -0.39 is 11.7 Å². The summed E-state index contributed by atoms with van der Waals surface area (Å²) in [5.41, 5.74) is -0.599. The van der Waals surface area contributed by atoms with Crippen LogP contribution in [0.3, 0.4) is 0 Å². The Bertz CT molecular complexity index is 371. The van der Waals surface area contributed by atoms with Crippen LogP contribution in [-0.4, -0.2) is 66.2 Å². The molecule has 0 aromatic heterocycles. The number of likely N-dealkylation sites (tertiary alicyclic amines) is 1. The molecule has 1 heterocycles. The van der Waals surface area contributed by atoms with Crippen molar-refractivity contribution in [3.05, 3.63) is 0 Å². The number of carbonyl (C=O) groups excluding carboxylic acids is 1. The molecule has 122 valence electrons. The van der Waals surface area contributed by atoms with Gasteiger partial charge in [-0.3, -0.25) is 0 Å². The Balaban J connectivity index is 1.82. The Morgan fingerprint density at radius 1 is 1.38 bits per heavy atom. The van der Waals surface area contributed by atoms with E-state index in [0.29, 0.717) is 19.6 Å². The van der Waals surface area contributed by atoms with Crippen molar-refractivity contribution in [1.82, 2.24) is 10.2 Å². The monoisotopic (exact) mass is 300 g/mol. The van der Waals surface area contributed by atoms with Gasteiger partial charge in [-0.1, -0.05) is 0 Å². The first-order valence-electron chi connectivity index (χ1n) is 7.69. The molecule has 0 aromatic rings. The van der Waals surface area contributed by atoms with Crippen molar-refractivity contribution in [2.45, 2.75) is 63.4 Å². The van der Waals surface area contributed by atoms with Crippen LogP contribution in [0.25, 0.3) is 0 Å². The summed E-state index contributed by atoms with van der Waals surface area (Å²) in [6.07, 6.45) is 2.36. The smallest absolute Gasteiger partial charge is 0.410 e. The molecule has 2 rings (SSSR count). The van der Waals surface area contributed by atoms with Crippen LogP contribution in [0.4, 0.5) is 4.79 Å². The van der Waals surface area contributed by atoms with Crippen LogP contribution in [-0.2, 0) is 9.47 Å². The second-order valence-electron chi connectivity index (χ2n) is 7.18. The van der Waals surface area contributed by atoms with Gasteiger partial charge in [-0.15, -0.1) is 0 Å². The summed E-state index contributed by atoms with van der Waals surface area (Å²) in [6, 6.07) is -0.120. The maximum atomic E-state index is 12.0. The Labute approximate surface area is 126 Å². The Morgan fingerprint density at radius 2 is 2.05 bits per heavy atom. The lowest BCUT2D eigenvalue weighted by Crippen LogP contribution is -2.52. The average molecular weight is 300 g/mol. The van der Waals surface area contributed by atoms with Crippen LogP contribution >= 0.6 is 0 Å². The third-order valence-electron chi connectivity index (χ3n) is 4.32. The summed E-state index contributed by atoms with van der Waals surface area (Å²) in [7, 11) is 1.74. The highest BCUT2D eigenvalue weighted by atomic mass is 16.6. The molecule has 0 bridgehead atoms. The van der Waals surface area contributed by atoms with E-state index in [0.717, 1.165) is 12.8 Å². The zero-order chi connectivity index (χ0) is 15.7. The van der Waals surface area contributed by atoms with Crippen LogP contribution in [0, 0.1) is 0 Å². The zero-order valence-corrected chi connectivity index (χ0v) is 13.5. The van der Waals surface area contributed by atoms with Gasteiger partial charge in [-0.25, -0.2) is 4.79 Å². The van der Waals surface area contributed by atoms with Gasteiger partial charge in [-0.2, -0.15) is 0 Å². The molecule has 2 aliphatic rings. The van der Waals surface area contributed by atoms with Crippen molar-refractivity contribution in [2.75, 3.05) is 26.7 Å². The number of carbonyl (C=O) groups is 1. The number of hydrogen-bond acceptors (Lipinski definition) is 5. The lowest BCUT2D eigenvalue weighted by Gasteiger charge is -2.41. The topological polar surface area (TPSA) is 71.0 Å². The van der Waals surface area contributed by atoms with Crippen molar-refractivity contribution in [3.63, 3.8) is 0 Å². The molecule has 6 heteroatoms. The van der Waals surface area contributed by atoms with E-state index in [1.807, 2.05) is 20.8 Å². The quantitative estimate of drug-likeness (QED) is 0.814. The average Bonchev–Trinajstić information content (AvgIpc) is 2.68. The fraction of sp³-hybridized carbons (Fsp3) is 0.933. The van der Waals surface area contributed by atoms with Crippen LogP contribution in [0.5, 0.6) is 0 Å². The molecular formula is C15H28N2O4. The van der Waals surface area contributed by atoms with Crippen LogP contribution in [0.15, 0.2) is 0 Å². The molecule has 6 nitrogen and oxygen atoms in total. The number of nitrogens with zero attached hydrogens (tertiary/aromatic N) is 1. The second kappa shape index (κ2) is 6.10. The Hall–Kier alpha value is -0.850. The summed E-state index contributed by atoms with van der Waals surface area (Å²) >= 11 is 0. The summed E-state index contributed by atoms with van der Waals surface area (Å²) in [5, 5.41) is 13.5. The number of amides is 1. The number of rotatable bonds is 4. The van der Waals surface area contributed by atoms with Gasteiger partial charge in [0, 0.05) is 20.2 Å². The highest BCUT2D eigenvalue weighted by Gasteiger charge is 2.40. The molecule has 2 fully saturated rings. The zero-order valence-electron chi connectivity index (χ0n) is 13.5. The third-order valence-corrected chi connectivity index (χ3v) is 4.32. The number of nitrogens with one attached hydrogen (secondary N) is 1. The molecular weight excluding hydrogens is 272 g/mol. The SMILES string of the molecule is COC1(CN[C@@H]2CN(C(=O)OC(C)(C)C)C[C@@H]2O)CCC1. The fourth-order valence-corrected chi connectivity index (χ4v) is 2.80. The van der Waals surface area contributed by atoms with E-state index in [1.165, 1.54) is 6.42 Å². The number of aliphatic hydroxyl groups excluding tert-OH is 1. The fourth-order valence-electron chi connectivity index (χ4n) is 2.80. The van der Waals surface area contributed by atoms with Crippen molar-refractivity contribution in [3.8, 4) is 0 Å². The first-order valence-corrected chi connectivity index (χ1v) is 7.69. The Morgan fingerprint density at radius 3 is 2.52 bits per heavy atom. The van der Waals surface area contributed by atoms with Crippen LogP contribution in [0.1, 0.15) is 40.0 Å². The van der Waals surface area contributed by atoms with Crippen molar-refractivity contribution in [2.24, 2.45) is 0 Å². The first-order chi connectivity index (χ1) is 9.75. The molecule has 1 saturated carbocycles. The van der Waals surface area contributed by atoms with Crippen LogP contribution in [0.2, 0.25) is 0 Å². The van der Waals surface area contributed by atoms with Crippen molar-refractivity contribution < 1.29 is 19.4 Å². The molecule has 21 heavy (non-hydrogen) atoms. The maximum absolute atomic E-state index is 12.0. The van der Waals surface area contributed by atoms with E-state index in [9.17, 15) is 9.90 Å². The van der Waals surface area contributed by atoms with E-state index in [1.54, 1.807) is 12.0 Å². The molecule has 0 radical (unpaired) electrons. The molecule has 1 aliphatic carbocycles. The minimum Gasteiger partial charge on any atom is -0.444 e. The molecule has 1 aliphatic heterocycles. The third kappa shape index (κ3) is 4.08. The van der Waals surface area contributed by atoms with Gasteiger partial charge in [-0.05, 0) is 40.0 Å². The summed E-state index contributed by atoms with van der Waals surface area (Å²) in [5.74, 6) is 0. The van der Waals surface area contributed by atoms with E-state index in [-0.39, 0.29) is 17.7 Å². The van der Waals surface area contributed by atoms with Crippen molar-refractivity contribution >= 4 is 6.09 Å². The van der Waals surface area contributed by atoms with Gasteiger partial charge < -0.3 is 24.8 Å². The van der Waals surface area contributed by atoms with Gasteiger partial charge in [0.2, 0.25) is 0 Å². The van der Waals surface area contributed by atoms with E-state index in [2.05, 4.69) is 5.32 Å². The van der Waals surface area contributed by atoms with E-state index in [4.69, 9.17) is 9.47 Å². The standard InChI is InChI=1S/C15H28N2O4/c1-14(2,3)21-13(19)17-8-11(12(18)9-17)16-10-15(20-4)6-5-7-15/h11-12,16,18H,5-10H2,1-4H3/t11-,12+/m1/s1. The normalized spacial score (nSPS) is 28.3. The highest BCUT2D eigenvalue weighted by molar-refractivity contribution is 5.68. The van der Waals surface area contributed by atoms with Gasteiger partial charge >= 0.3 is 6.09 Å². The van der Waals surface area contributed by atoms with Gasteiger partial charge in [0.05, 0.1) is 24.3 Å². The summed E-state index contributed by atoms with van der Waals surface area (Å²) in [4.78, 5) is 13.6. The molecule has 2 atom stereocenters. The molecule has 0 unspecified atom stereocenters. The van der Waals surface area contributed by atoms with Gasteiger partial charge in [0.25, 0.3) is 0 Å². The summed E-state index contributed by atoms with van der Waals surface area (Å²) in [6.45, 7) is 7.01. The number of ether oxygens (including phenoxy) is 2. The lowest BCUT2D eigenvalue weighted by atomic mass is 9.80. The highest BCUT2D eigenvalue weighted by Crippen LogP contribution is 2.34. The van der Waals surface area contributed by atoms with Crippen LogP contribution < -0.4 is 5.32 Å². The predicted octanol–water partition coefficient (Wildman–Crippen LogP) is 1.13. The molecule has 1 amide bonds. The maximum Gasteiger partial charge on any atom is 0.410 e. The predicted molar refractivity (Wildman–Crippen MR) is 79.2 cm³/mol. The molecule has 0 aromatic carbocycles. The molecule has 0 spiro atoms. The largest absolute Gasteiger partial charge is 0.444 e. The number of β-amino-alcohol motifs (C(OH)–C–C–N with tert-alkyl or cyclic N) is 1. The summed E-state index contributed by atoms with van der Waals surface area (Å²) < 4.78 is 10.9. The van der Waals surface area contributed by atoms with Gasteiger partial charge in [0.1, 0.15) is 5.60 Å². The Kier molecular flexibility index (Phi) is 4.80.